The lowest BCUT2D eigenvalue weighted by Crippen LogP contribution is -2.11. The van der Waals surface area contributed by atoms with Gasteiger partial charge in [-0.1, -0.05) is 0 Å². The molecule has 0 aliphatic heterocycles. The van der Waals surface area contributed by atoms with Crippen LogP contribution < -0.4 is 5.73 Å². The molecule has 0 amide bonds. The van der Waals surface area contributed by atoms with E-state index in [1.54, 1.807) is 0 Å². The van der Waals surface area contributed by atoms with Crippen molar-refractivity contribution < 1.29 is 13.2 Å². The number of hydrogen-bond acceptors (Lipinski definition) is 2. The third kappa shape index (κ3) is 2.21. The second-order valence-electron chi connectivity index (χ2n) is 2.70. The molecule has 0 spiro atoms. The van der Waals surface area contributed by atoms with Gasteiger partial charge in [-0.05, 0) is 6.54 Å². The second kappa shape index (κ2) is 3.37. The van der Waals surface area contributed by atoms with Crippen LogP contribution in [-0.4, -0.2) is 16.3 Å². The van der Waals surface area contributed by atoms with E-state index in [-0.39, 0.29) is 18.7 Å². The molecule has 1 aromatic heterocycles. The van der Waals surface area contributed by atoms with Crippen molar-refractivity contribution in [3.63, 3.8) is 0 Å². The summed E-state index contributed by atoms with van der Waals surface area (Å²) in [4.78, 5) is 0. The Bertz CT molecular complexity index is 290. The van der Waals surface area contributed by atoms with Crippen molar-refractivity contribution in [3.05, 3.63) is 17.5 Å². The van der Waals surface area contributed by atoms with E-state index in [4.69, 9.17) is 5.73 Å². The number of nitrogens with zero attached hydrogens (tertiary/aromatic N) is 2. The molecule has 0 aliphatic rings. The minimum absolute atomic E-state index is 0.0116. The molecule has 6 heteroatoms. The first-order valence-corrected chi connectivity index (χ1v) is 3.75. The van der Waals surface area contributed by atoms with Crippen molar-refractivity contribution in [2.75, 3.05) is 6.54 Å². The molecule has 0 atom stereocenters. The van der Waals surface area contributed by atoms with E-state index < -0.39 is 11.7 Å². The number of halogens is 3. The Morgan fingerprint density at radius 1 is 1.54 bits per heavy atom. The van der Waals surface area contributed by atoms with Crippen LogP contribution in [0.4, 0.5) is 13.2 Å². The zero-order valence-corrected chi connectivity index (χ0v) is 7.10. The van der Waals surface area contributed by atoms with Crippen LogP contribution in [-0.2, 0) is 19.6 Å². The number of hydrogen-bond donors (Lipinski definition) is 1. The highest BCUT2D eigenvalue weighted by Gasteiger charge is 2.35. The van der Waals surface area contributed by atoms with E-state index in [0.29, 0.717) is 0 Å². The van der Waals surface area contributed by atoms with Crippen LogP contribution in [0.2, 0.25) is 0 Å². The standard InChI is InChI=1S/C7H10F3N3/c1-13-4-5(7(8,9)10)6(12-13)2-3-11/h4H,2-3,11H2,1H3. The Kier molecular flexibility index (Phi) is 2.60. The largest absolute Gasteiger partial charge is 0.419 e. The summed E-state index contributed by atoms with van der Waals surface area (Å²) in [6.45, 7) is 0.167. The maximum atomic E-state index is 12.3. The predicted molar refractivity (Wildman–Crippen MR) is 41.0 cm³/mol. The number of aromatic nitrogens is 2. The zero-order valence-electron chi connectivity index (χ0n) is 7.10. The molecule has 1 heterocycles. The molecule has 0 bridgehead atoms. The molecule has 2 N–H and O–H groups in total. The monoisotopic (exact) mass is 193 g/mol. The van der Waals surface area contributed by atoms with Gasteiger partial charge in [0.15, 0.2) is 0 Å². The summed E-state index contributed by atoms with van der Waals surface area (Å²) in [7, 11) is 1.45. The molecule has 0 unspecified atom stereocenters. The van der Waals surface area contributed by atoms with Gasteiger partial charge < -0.3 is 5.73 Å². The van der Waals surface area contributed by atoms with Crippen LogP contribution >= 0.6 is 0 Å². The third-order valence-electron chi connectivity index (χ3n) is 1.59. The van der Waals surface area contributed by atoms with E-state index in [0.717, 1.165) is 10.9 Å². The maximum absolute atomic E-state index is 12.3. The minimum Gasteiger partial charge on any atom is -0.330 e. The van der Waals surface area contributed by atoms with Crippen LogP contribution in [0.3, 0.4) is 0 Å². The molecule has 3 nitrogen and oxygen atoms in total. The minimum atomic E-state index is -4.33. The zero-order chi connectivity index (χ0) is 10.1. The normalized spacial score (nSPS) is 12.1. The molecule has 74 valence electrons. The lowest BCUT2D eigenvalue weighted by atomic mass is 10.2. The van der Waals surface area contributed by atoms with Crippen molar-refractivity contribution in [3.8, 4) is 0 Å². The van der Waals surface area contributed by atoms with Crippen molar-refractivity contribution in [2.45, 2.75) is 12.6 Å². The fraction of sp³-hybridized carbons (Fsp3) is 0.571. The van der Waals surface area contributed by atoms with Crippen molar-refractivity contribution in [2.24, 2.45) is 12.8 Å². The number of nitrogens with two attached hydrogens (primary N) is 1. The SMILES string of the molecule is Cn1cc(C(F)(F)F)c(CCN)n1. The summed E-state index contributed by atoms with van der Waals surface area (Å²) in [6.07, 6.45) is -3.22. The van der Waals surface area contributed by atoms with Crippen LogP contribution in [0, 0.1) is 0 Å². The van der Waals surface area contributed by atoms with Gasteiger partial charge >= 0.3 is 6.18 Å². The fourth-order valence-corrected chi connectivity index (χ4v) is 1.09. The summed E-state index contributed by atoms with van der Waals surface area (Å²) in [5, 5.41) is 3.68. The highest BCUT2D eigenvalue weighted by Crippen LogP contribution is 2.31. The lowest BCUT2D eigenvalue weighted by molar-refractivity contribution is -0.138. The van der Waals surface area contributed by atoms with Crippen molar-refractivity contribution in [1.82, 2.24) is 9.78 Å². The van der Waals surface area contributed by atoms with E-state index in [9.17, 15) is 13.2 Å². The topological polar surface area (TPSA) is 43.8 Å². The summed E-state index contributed by atoms with van der Waals surface area (Å²) in [6, 6.07) is 0. The van der Waals surface area contributed by atoms with Crippen LogP contribution in [0.15, 0.2) is 6.20 Å². The quantitative estimate of drug-likeness (QED) is 0.759. The van der Waals surface area contributed by atoms with Crippen molar-refractivity contribution >= 4 is 0 Å². The first kappa shape index (κ1) is 10.0. The molecule has 1 rings (SSSR count). The van der Waals surface area contributed by atoms with Gasteiger partial charge in [-0.3, -0.25) is 4.68 Å². The molecule has 1 aromatic rings. The Morgan fingerprint density at radius 2 is 2.15 bits per heavy atom. The van der Waals surface area contributed by atoms with Gasteiger partial charge in [-0.25, -0.2) is 0 Å². The van der Waals surface area contributed by atoms with Crippen molar-refractivity contribution in [1.29, 1.82) is 0 Å². The summed E-state index contributed by atoms with van der Waals surface area (Å²) < 4.78 is 38.0. The van der Waals surface area contributed by atoms with Crippen LogP contribution in [0.5, 0.6) is 0 Å². The molecule has 0 aliphatic carbocycles. The first-order valence-electron chi connectivity index (χ1n) is 3.75. The van der Waals surface area contributed by atoms with Gasteiger partial charge in [0, 0.05) is 19.7 Å². The predicted octanol–water partition coefficient (Wildman–Crippen LogP) is 0.940. The highest BCUT2D eigenvalue weighted by atomic mass is 19.4. The molecule has 0 fully saturated rings. The van der Waals surface area contributed by atoms with Gasteiger partial charge in [0.1, 0.15) is 0 Å². The molecule has 0 saturated heterocycles. The number of rotatable bonds is 2. The van der Waals surface area contributed by atoms with Crippen LogP contribution in [0.1, 0.15) is 11.3 Å². The molecule has 13 heavy (non-hydrogen) atoms. The molecular weight excluding hydrogens is 183 g/mol. The summed E-state index contributed by atoms with van der Waals surface area (Å²) >= 11 is 0. The highest BCUT2D eigenvalue weighted by molar-refractivity contribution is 5.20. The Labute approximate surface area is 73.3 Å². The second-order valence-corrected chi connectivity index (χ2v) is 2.70. The molecule has 0 radical (unpaired) electrons. The summed E-state index contributed by atoms with van der Waals surface area (Å²) in [5.41, 5.74) is 4.48. The Balaban J connectivity index is 3.04. The fourth-order valence-electron chi connectivity index (χ4n) is 1.09. The molecular formula is C7H10F3N3. The van der Waals surface area contributed by atoms with Gasteiger partial charge in [-0.2, -0.15) is 18.3 Å². The summed E-state index contributed by atoms with van der Waals surface area (Å²) in [5.74, 6) is 0. The first-order chi connectivity index (χ1) is 5.95. The Morgan fingerprint density at radius 3 is 2.62 bits per heavy atom. The maximum Gasteiger partial charge on any atom is 0.419 e. The lowest BCUT2D eigenvalue weighted by Gasteiger charge is -2.04. The average molecular weight is 193 g/mol. The van der Waals surface area contributed by atoms with Gasteiger partial charge in [0.05, 0.1) is 11.3 Å². The third-order valence-corrected chi connectivity index (χ3v) is 1.59. The molecule has 0 aromatic carbocycles. The van der Waals surface area contributed by atoms with E-state index >= 15 is 0 Å². The van der Waals surface area contributed by atoms with E-state index in [2.05, 4.69) is 5.10 Å². The van der Waals surface area contributed by atoms with Gasteiger partial charge in [0.2, 0.25) is 0 Å². The van der Waals surface area contributed by atoms with Crippen LogP contribution in [0.25, 0.3) is 0 Å². The smallest absolute Gasteiger partial charge is 0.330 e. The van der Waals surface area contributed by atoms with Gasteiger partial charge in [-0.15, -0.1) is 0 Å². The average Bonchev–Trinajstić information content (AvgIpc) is 2.30. The molecule has 0 saturated carbocycles. The number of alkyl halides is 3. The van der Waals surface area contributed by atoms with E-state index in [1.807, 2.05) is 0 Å². The van der Waals surface area contributed by atoms with E-state index in [1.165, 1.54) is 7.05 Å². The Hall–Kier alpha value is -1.04. The number of aryl methyl sites for hydroxylation is 1. The van der Waals surface area contributed by atoms with Gasteiger partial charge in [0.25, 0.3) is 0 Å².